The maximum absolute atomic E-state index is 12.8. The second-order valence-corrected chi connectivity index (χ2v) is 8.11. The number of rotatable bonds is 9. The van der Waals surface area contributed by atoms with Gasteiger partial charge >= 0.3 is 23.7 Å². The van der Waals surface area contributed by atoms with Gasteiger partial charge in [-0.25, -0.2) is 14.4 Å². The van der Waals surface area contributed by atoms with Crippen molar-refractivity contribution in [3.8, 4) is 5.75 Å². The number of methoxy groups -OCH3 is 1. The maximum Gasteiger partial charge on any atom is 0.373 e. The Hall–Kier alpha value is -4.20. The van der Waals surface area contributed by atoms with E-state index < -0.39 is 40.6 Å². The molecule has 0 spiro atoms. The first kappa shape index (κ1) is 26.4. The zero-order valence-corrected chi connectivity index (χ0v) is 20.8. The molecule has 13 nitrogen and oxygen atoms in total. The molecule has 3 amide bonds. The third-order valence-electron chi connectivity index (χ3n) is 4.79. The lowest BCUT2D eigenvalue weighted by Crippen LogP contribution is -2.30. The maximum atomic E-state index is 12.8. The van der Waals surface area contributed by atoms with Crippen LogP contribution in [0.4, 0.5) is 10.5 Å². The van der Waals surface area contributed by atoms with Gasteiger partial charge in [-0.1, -0.05) is 0 Å². The number of imide groups is 1. The van der Waals surface area contributed by atoms with Crippen molar-refractivity contribution >= 4 is 51.6 Å². The number of amides is 3. The molecule has 0 radical (unpaired) electrons. The van der Waals surface area contributed by atoms with E-state index in [4.69, 9.17) is 13.9 Å². The van der Waals surface area contributed by atoms with Crippen LogP contribution in [0.3, 0.4) is 0 Å². The van der Waals surface area contributed by atoms with E-state index in [0.717, 1.165) is 11.0 Å². The highest BCUT2D eigenvalue weighted by molar-refractivity contribution is 9.10. The topological polar surface area (TPSA) is 168 Å². The molecule has 0 saturated carbocycles. The minimum Gasteiger partial charge on any atom is -0.471 e. The Balaban J connectivity index is 1.84. The number of carbonyl (C=O) groups is 4. The summed E-state index contributed by atoms with van der Waals surface area (Å²) in [7, 11) is 1.18. The zero-order chi connectivity index (χ0) is 26.6. The predicted octanol–water partition coefficient (Wildman–Crippen LogP) is 3.16. The summed E-state index contributed by atoms with van der Waals surface area (Å²) in [5, 5.41) is 14.1. The summed E-state index contributed by atoms with van der Waals surface area (Å²) >= 11 is 3.19. The number of nitro benzene ring substituents is 1. The number of ether oxygens (including phenoxy) is 3. The van der Waals surface area contributed by atoms with Crippen LogP contribution in [0.5, 0.6) is 5.75 Å². The van der Waals surface area contributed by atoms with Crippen LogP contribution in [0.1, 0.15) is 35.7 Å². The summed E-state index contributed by atoms with van der Waals surface area (Å²) < 4.78 is 20.3. The molecule has 1 aromatic carbocycles. The summed E-state index contributed by atoms with van der Waals surface area (Å²) in [6.45, 7) is 2.86. The summed E-state index contributed by atoms with van der Waals surface area (Å²) in [6.07, 6.45) is 0.133. The first-order valence-electron chi connectivity index (χ1n) is 10.4. The minimum atomic E-state index is -1.12. The molecule has 1 aliphatic heterocycles. The molecule has 1 aliphatic rings. The Kier molecular flexibility index (Phi) is 8.09. The number of benzene rings is 1. The summed E-state index contributed by atoms with van der Waals surface area (Å²) in [4.78, 5) is 60.3. The highest BCUT2D eigenvalue weighted by Crippen LogP contribution is 2.38. The number of carbonyl (C=O) groups excluding carboxylic acids is 4. The van der Waals surface area contributed by atoms with Gasteiger partial charge < -0.3 is 23.9 Å². The van der Waals surface area contributed by atoms with Crippen molar-refractivity contribution in [3.63, 3.8) is 0 Å². The van der Waals surface area contributed by atoms with Crippen molar-refractivity contribution in [1.29, 1.82) is 0 Å². The SMILES string of the molecule is CCOC(=O)[C@H](C)Oc1c(Br)cc(/C=C2\NC(=O)N(Cc3ccc(C(=O)OC)o3)C2=O)cc1[N+](=O)[O-]. The van der Waals surface area contributed by atoms with Gasteiger partial charge in [-0.15, -0.1) is 0 Å². The van der Waals surface area contributed by atoms with Gasteiger partial charge in [-0.2, -0.15) is 0 Å². The van der Waals surface area contributed by atoms with E-state index in [2.05, 4.69) is 26.0 Å². The van der Waals surface area contributed by atoms with Gasteiger partial charge in [0.15, 0.2) is 6.10 Å². The number of nitrogens with one attached hydrogen (secondary N) is 1. The van der Waals surface area contributed by atoms with Crippen LogP contribution >= 0.6 is 15.9 Å². The Morgan fingerprint density at radius 3 is 2.67 bits per heavy atom. The normalized spacial score (nSPS) is 15.0. The van der Waals surface area contributed by atoms with Crippen LogP contribution in [0.15, 0.2) is 38.9 Å². The molecule has 14 heteroatoms. The zero-order valence-electron chi connectivity index (χ0n) is 19.2. The first-order chi connectivity index (χ1) is 17.0. The monoisotopic (exact) mass is 565 g/mol. The number of nitro groups is 1. The average molecular weight is 566 g/mol. The Morgan fingerprint density at radius 2 is 2.03 bits per heavy atom. The van der Waals surface area contributed by atoms with E-state index >= 15 is 0 Å². The van der Waals surface area contributed by atoms with E-state index in [0.29, 0.717) is 0 Å². The number of nitrogens with zero attached hydrogens (tertiary/aromatic N) is 2. The van der Waals surface area contributed by atoms with E-state index in [1.54, 1.807) is 6.92 Å². The molecule has 2 heterocycles. The molecule has 0 bridgehead atoms. The van der Waals surface area contributed by atoms with Gasteiger partial charge in [0.05, 0.1) is 29.7 Å². The standard InChI is InChI=1S/C22H20BrN3O10/c1-4-34-20(28)11(2)35-18-14(23)7-12(9-16(18)26(31)32)8-15-19(27)25(22(30)24-15)10-13-5-6-17(36-13)21(29)33-3/h5-9,11H,4,10H2,1-3H3,(H,24,30)/b15-8-/t11-/m0/s1. The second-order valence-electron chi connectivity index (χ2n) is 7.26. The molecule has 36 heavy (non-hydrogen) atoms. The quantitative estimate of drug-likeness (QED) is 0.157. The molecule has 0 unspecified atom stereocenters. The van der Waals surface area contributed by atoms with Crippen LogP contribution in [-0.4, -0.2) is 53.5 Å². The van der Waals surface area contributed by atoms with Gasteiger partial charge in [0.2, 0.25) is 11.5 Å². The molecule has 1 N–H and O–H groups in total. The van der Waals surface area contributed by atoms with Crippen molar-refractivity contribution in [3.05, 3.63) is 61.6 Å². The molecule has 0 aliphatic carbocycles. The summed E-state index contributed by atoms with van der Waals surface area (Å²) in [5.41, 5.74) is -0.428. The second kappa shape index (κ2) is 11.0. The van der Waals surface area contributed by atoms with E-state index in [-0.39, 0.29) is 46.2 Å². The molecular weight excluding hydrogens is 546 g/mol. The number of esters is 2. The van der Waals surface area contributed by atoms with Crippen LogP contribution in [0.2, 0.25) is 0 Å². The molecule has 1 aromatic heterocycles. The largest absolute Gasteiger partial charge is 0.471 e. The van der Waals surface area contributed by atoms with E-state index in [1.165, 1.54) is 38.3 Å². The number of hydrogen-bond acceptors (Lipinski definition) is 10. The minimum absolute atomic E-state index is 0.0907. The van der Waals surface area contributed by atoms with Crippen molar-refractivity contribution in [2.75, 3.05) is 13.7 Å². The molecule has 1 atom stereocenters. The predicted molar refractivity (Wildman–Crippen MR) is 125 cm³/mol. The molecule has 2 aromatic rings. The number of halogens is 1. The fraction of sp³-hybridized carbons (Fsp3) is 0.273. The van der Waals surface area contributed by atoms with Crippen LogP contribution in [0.25, 0.3) is 6.08 Å². The number of hydrogen-bond donors (Lipinski definition) is 1. The molecule has 3 rings (SSSR count). The lowest BCUT2D eigenvalue weighted by molar-refractivity contribution is -0.386. The average Bonchev–Trinajstić information content (AvgIpc) is 3.40. The van der Waals surface area contributed by atoms with Gasteiger partial charge in [0, 0.05) is 6.07 Å². The van der Waals surface area contributed by atoms with E-state index in [1.807, 2.05) is 0 Å². The molecule has 190 valence electrons. The van der Waals surface area contributed by atoms with Crippen LogP contribution in [0, 0.1) is 10.1 Å². The molecule has 1 fully saturated rings. The van der Waals surface area contributed by atoms with Crippen molar-refractivity contribution in [1.82, 2.24) is 10.2 Å². The van der Waals surface area contributed by atoms with Crippen LogP contribution < -0.4 is 10.1 Å². The third-order valence-corrected chi connectivity index (χ3v) is 5.38. The lowest BCUT2D eigenvalue weighted by atomic mass is 10.1. The van der Waals surface area contributed by atoms with Gasteiger partial charge in [-0.05, 0) is 59.6 Å². The van der Waals surface area contributed by atoms with Crippen molar-refractivity contribution in [2.45, 2.75) is 26.5 Å². The third kappa shape index (κ3) is 5.71. The number of furan rings is 1. The smallest absolute Gasteiger partial charge is 0.373 e. The molecular formula is C22H20BrN3O10. The Bertz CT molecular complexity index is 1270. The van der Waals surface area contributed by atoms with E-state index in [9.17, 15) is 29.3 Å². The van der Waals surface area contributed by atoms with Crippen LogP contribution in [-0.2, 0) is 25.6 Å². The van der Waals surface area contributed by atoms with Gasteiger partial charge in [0.1, 0.15) is 11.5 Å². The first-order valence-corrected chi connectivity index (χ1v) is 11.2. The van der Waals surface area contributed by atoms with Crippen molar-refractivity contribution in [2.24, 2.45) is 0 Å². The lowest BCUT2D eigenvalue weighted by Gasteiger charge is -2.15. The van der Waals surface area contributed by atoms with Gasteiger partial charge in [0.25, 0.3) is 5.91 Å². The Morgan fingerprint density at radius 1 is 1.31 bits per heavy atom. The number of urea groups is 1. The Labute approximate surface area is 212 Å². The summed E-state index contributed by atoms with van der Waals surface area (Å²) in [5.74, 6) is -2.26. The fourth-order valence-electron chi connectivity index (χ4n) is 3.13. The van der Waals surface area contributed by atoms with Crippen molar-refractivity contribution < 1.29 is 42.7 Å². The highest BCUT2D eigenvalue weighted by atomic mass is 79.9. The summed E-state index contributed by atoms with van der Waals surface area (Å²) in [6, 6.07) is 4.57. The van der Waals surface area contributed by atoms with Gasteiger partial charge in [-0.3, -0.25) is 19.8 Å². The highest BCUT2D eigenvalue weighted by Gasteiger charge is 2.35. The fourth-order valence-corrected chi connectivity index (χ4v) is 3.69. The molecule has 1 saturated heterocycles.